The molecule has 1 aromatic carbocycles. The first kappa shape index (κ1) is 12.3. The van der Waals surface area contributed by atoms with Gasteiger partial charge in [0.2, 0.25) is 5.91 Å². The zero-order chi connectivity index (χ0) is 13.0. The molecule has 0 saturated heterocycles. The summed E-state index contributed by atoms with van der Waals surface area (Å²) in [5, 5.41) is 2.79. The number of nitrogens with zero attached hydrogens (tertiary/aromatic N) is 1. The molecule has 5 heteroatoms. The molecular formula is C13H15N3O2. The Morgan fingerprint density at radius 2 is 2.17 bits per heavy atom. The highest BCUT2D eigenvalue weighted by molar-refractivity contribution is 5.83. The van der Waals surface area contributed by atoms with Crippen LogP contribution in [0.25, 0.3) is 11.0 Å². The number of amides is 1. The van der Waals surface area contributed by atoms with Crippen LogP contribution in [0, 0.1) is 0 Å². The van der Waals surface area contributed by atoms with Gasteiger partial charge in [0.1, 0.15) is 5.78 Å². The van der Waals surface area contributed by atoms with Gasteiger partial charge in [-0.15, -0.1) is 0 Å². The Hall–Kier alpha value is -2.17. The standard InChI is InChI=1S/C13H15N3O2/c1-9(17)2-5-13(18)14-7-10-3-4-11-12(6-10)16-8-15-11/h3-4,6,8H,2,5,7H2,1H3,(H,14,18)(H,15,16). The molecule has 0 radical (unpaired) electrons. The molecule has 5 nitrogen and oxygen atoms in total. The summed E-state index contributed by atoms with van der Waals surface area (Å²) in [7, 11) is 0. The molecule has 2 rings (SSSR count). The van der Waals surface area contributed by atoms with Gasteiger partial charge in [-0.2, -0.15) is 0 Å². The Bertz CT molecular complexity index is 574. The van der Waals surface area contributed by atoms with E-state index in [2.05, 4.69) is 15.3 Å². The topological polar surface area (TPSA) is 74.8 Å². The van der Waals surface area contributed by atoms with Gasteiger partial charge in [-0.05, 0) is 24.6 Å². The highest BCUT2D eigenvalue weighted by Crippen LogP contribution is 2.11. The summed E-state index contributed by atoms with van der Waals surface area (Å²) < 4.78 is 0. The first-order chi connectivity index (χ1) is 8.65. The van der Waals surface area contributed by atoms with Gasteiger partial charge in [-0.25, -0.2) is 4.98 Å². The summed E-state index contributed by atoms with van der Waals surface area (Å²) in [5.41, 5.74) is 2.86. The Kier molecular flexibility index (Phi) is 3.72. The number of Topliss-reactive ketones (excluding diaryl/α,β-unsaturated/α-hetero) is 1. The van der Waals surface area contributed by atoms with Crippen molar-refractivity contribution in [3.05, 3.63) is 30.1 Å². The number of nitrogens with one attached hydrogen (secondary N) is 2. The lowest BCUT2D eigenvalue weighted by molar-refractivity contribution is -0.124. The highest BCUT2D eigenvalue weighted by atomic mass is 16.2. The second-order valence-electron chi connectivity index (χ2n) is 4.23. The highest BCUT2D eigenvalue weighted by Gasteiger charge is 2.04. The molecule has 0 aliphatic carbocycles. The molecule has 1 heterocycles. The van der Waals surface area contributed by atoms with Crippen molar-refractivity contribution in [1.82, 2.24) is 15.3 Å². The number of imidazole rings is 1. The first-order valence-electron chi connectivity index (χ1n) is 5.83. The van der Waals surface area contributed by atoms with Crippen LogP contribution in [0.15, 0.2) is 24.5 Å². The summed E-state index contributed by atoms with van der Waals surface area (Å²) in [6.45, 7) is 1.95. The molecule has 0 bridgehead atoms. The molecule has 18 heavy (non-hydrogen) atoms. The van der Waals surface area contributed by atoms with Crippen molar-refractivity contribution >= 4 is 22.7 Å². The molecule has 0 saturated carbocycles. The Morgan fingerprint density at radius 1 is 1.33 bits per heavy atom. The number of ketones is 1. The fourth-order valence-electron chi connectivity index (χ4n) is 1.67. The average molecular weight is 245 g/mol. The molecular weight excluding hydrogens is 230 g/mol. The number of aromatic amines is 1. The van der Waals surface area contributed by atoms with Gasteiger partial charge in [0, 0.05) is 19.4 Å². The Morgan fingerprint density at radius 3 is 2.94 bits per heavy atom. The van der Waals surface area contributed by atoms with E-state index < -0.39 is 0 Å². The van der Waals surface area contributed by atoms with Crippen LogP contribution in [-0.2, 0) is 16.1 Å². The van der Waals surface area contributed by atoms with Crippen molar-refractivity contribution in [2.24, 2.45) is 0 Å². The molecule has 0 aliphatic heterocycles. The zero-order valence-corrected chi connectivity index (χ0v) is 10.2. The lowest BCUT2D eigenvalue weighted by Gasteiger charge is -2.04. The molecule has 0 unspecified atom stereocenters. The van der Waals surface area contributed by atoms with Crippen molar-refractivity contribution in [2.75, 3.05) is 0 Å². The van der Waals surface area contributed by atoms with Gasteiger partial charge >= 0.3 is 0 Å². The quantitative estimate of drug-likeness (QED) is 0.839. The largest absolute Gasteiger partial charge is 0.352 e. The number of H-pyrrole nitrogens is 1. The van der Waals surface area contributed by atoms with Crippen molar-refractivity contribution in [2.45, 2.75) is 26.3 Å². The van der Waals surface area contributed by atoms with E-state index >= 15 is 0 Å². The van der Waals surface area contributed by atoms with Crippen LogP contribution in [0.3, 0.4) is 0 Å². The van der Waals surface area contributed by atoms with Crippen LogP contribution >= 0.6 is 0 Å². The molecule has 1 amide bonds. The van der Waals surface area contributed by atoms with Gasteiger partial charge in [-0.3, -0.25) is 4.79 Å². The second-order valence-corrected chi connectivity index (χ2v) is 4.23. The lowest BCUT2D eigenvalue weighted by Crippen LogP contribution is -2.22. The first-order valence-corrected chi connectivity index (χ1v) is 5.83. The molecule has 0 fully saturated rings. The van der Waals surface area contributed by atoms with Crippen molar-refractivity contribution in [3.63, 3.8) is 0 Å². The van der Waals surface area contributed by atoms with Crippen LogP contribution in [0.5, 0.6) is 0 Å². The summed E-state index contributed by atoms with van der Waals surface area (Å²) in [6, 6.07) is 5.78. The number of aromatic nitrogens is 2. The monoisotopic (exact) mass is 245 g/mol. The summed E-state index contributed by atoms with van der Waals surface area (Å²) in [4.78, 5) is 29.3. The second kappa shape index (κ2) is 5.44. The van der Waals surface area contributed by atoms with Crippen molar-refractivity contribution in [3.8, 4) is 0 Å². The van der Waals surface area contributed by atoms with Crippen molar-refractivity contribution < 1.29 is 9.59 Å². The lowest BCUT2D eigenvalue weighted by atomic mass is 10.2. The van der Waals surface area contributed by atoms with Crippen LogP contribution < -0.4 is 5.32 Å². The summed E-state index contributed by atoms with van der Waals surface area (Å²) in [6.07, 6.45) is 2.19. The van der Waals surface area contributed by atoms with E-state index in [9.17, 15) is 9.59 Å². The van der Waals surface area contributed by atoms with Crippen molar-refractivity contribution in [1.29, 1.82) is 0 Å². The number of rotatable bonds is 5. The Labute approximate surface area is 105 Å². The number of carbonyl (C=O) groups is 2. The van der Waals surface area contributed by atoms with Gasteiger partial charge in [0.15, 0.2) is 0 Å². The van der Waals surface area contributed by atoms with Gasteiger partial charge in [0.25, 0.3) is 0 Å². The van der Waals surface area contributed by atoms with Gasteiger partial charge in [0.05, 0.1) is 17.4 Å². The number of fused-ring (bicyclic) bond motifs is 1. The maximum absolute atomic E-state index is 11.5. The minimum absolute atomic E-state index is 0.0315. The minimum atomic E-state index is -0.102. The molecule has 2 aromatic rings. The third-order valence-corrected chi connectivity index (χ3v) is 2.68. The maximum atomic E-state index is 11.5. The SMILES string of the molecule is CC(=O)CCC(=O)NCc1ccc2nc[nH]c2c1. The Balaban J connectivity index is 1.89. The molecule has 0 atom stereocenters. The van der Waals surface area contributed by atoms with Crippen LogP contribution in [0.1, 0.15) is 25.3 Å². The van der Waals surface area contributed by atoms with Crippen LogP contribution in [0.4, 0.5) is 0 Å². The third kappa shape index (κ3) is 3.16. The zero-order valence-electron chi connectivity index (χ0n) is 10.2. The molecule has 0 aliphatic rings. The van der Waals surface area contributed by atoms with Gasteiger partial charge in [-0.1, -0.05) is 6.07 Å². The fraction of sp³-hybridized carbons (Fsp3) is 0.308. The van der Waals surface area contributed by atoms with Crippen LogP contribution in [0.2, 0.25) is 0 Å². The number of benzene rings is 1. The third-order valence-electron chi connectivity index (χ3n) is 2.68. The molecule has 0 spiro atoms. The normalized spacial score (nSPS) is 10.5. The molecule has 2 N–H and O–H groups in total. The van der Waals surface area contributed by atoms with Gasteiger partial charge < -0.3 is 15.1 Å². The summed E-state index contributed by atoms with van der Waals surface area (Å²) >= 11 is 0. The average Bonchev–Trinajstić information content (AvgIpc) is 2.81. The van der Waals surface area contributed by atoms with E-state index in [-0.39, 0.29) is 18.1 Å². The van der Waals surface area contributed by atoms with E-state index in [1.807, 2.05) is 18.2 Å². The number of carbonyl (C=O) groups excluding carboxylic acids is 2. The van der Waals surface area contributed by atoms with E-state index in [4.69, 9.17) is 0 Å². The minimum Gasteiger partial charge on any atom is -0.352 e. The molecule has 1 aromatic heterocycles. The number of hydrogen-bond acceptors (Lipinski definition) is 3. The van der Waals surface area contributed by atoms with E-state index in [0.29, 0.717) is 13.0 Å². The van der Waals surface area contributed by atoms with E-state index in [0.717, 1.165) is 16.6 Å². The number of hydrogen-bond donors (Lipinski definition) is 2. The molecule has 94 valence electrons. The van der Waals surface area contributed by atoms with E-state index in [1.165, 1.54) is 6.92 Å². The maximum Gasteiger partial charge on any atom is 0.220 e. The smallest absolute Gasteiger partial charge is 0.220 e. The van der Waals surface area contributed by atoms with E-state index in [1.54, 1.807) is 6.33 Å². The summed E-state index contributed by atoms with van der Waals surface area (Å²) in [5.74, 6) is -0.0704. The fourth-order valence-corrected chi connectivity index (χ4v) is 1.67. The predicted octanol–water partition coefficient (Wildman–Crippen LogP) is 1.55. The predicted molar refractivity (Wildman–Crippen MR) is 67.9 cm³/mol. The van der Waals surface area contributed by atoms with Crippen LogP contribution in [-0.4, -0.2) is 21.7 Å².